The number of amides is 1. The number of nitrogens with two attached hydrogens (primary N) is 1. The standard InChI is InChI=1S/C12H15N5O/c1-8(2)17-11(5-6-15-17)16-12(18)10-4-3-9(13)7-14-10/h3-8H,13H2,1-2H3,(H,16,18). The Balaban J connectivity index is 2.16. The Kier molecular flexibility index (Phi) is 3.27. The number of anilines is 2. The highest BCUT2D eigenvalue weighted by Gasteiger charge is 2.11. The van der Waals surface area contributed by atoms with E-state index in [-0.39, 0.29) is 11.9 Å². The van der Waals surface area contributed by atoms with Crippen molar-refractivity contribution in [1.82, 2.24) is 14.8 Å². The third kappa shape index (κ3) is 2.48. The molecule has 1 amide bonds. The number of nitrogens with one attached hydrogen (secondary N) is 1. The van der Waals surface area contributed by atoms with E-state index in [2.05, 4.69) is 15.4 Å². The summed E-state index contributed by atoms with van der Waals surface area (Å²) in [5, 5.41) is 6.90. The molecule has 0 atom stereocenters. The molecular weight excluding hydrogens is 230 g/mol. The predicted molar refractivity (Wildman–Crippen MR) is 69.2 cm³/mol. The molecule has 0 aliphatic heterocycles. The topological polar surface area (TPSA) is 85.8 Å². The summed E-state index contributed by atoms with van der Waals surface area (Å²) in [6.07, 6.45) is 3.10. The van der Waals surface area contributed by atoms with Gasteiger partial charge >= 0.3 is 0 Å². The van der Waals surface area contributed by atoms with Gasteiger partial charge in [-0.05, 0) is 26.0 Å². The molecule has 0 aliphatic rings. The maximum Gasteiger partial charge on any atom is 0.275 e. The maximum atomic E-state index is 11.9. The summed E-state index contributed by atoms with van der Waals surface area (Å²) in [5.41, 5.74) is 6.37. The first-order valence-corrected chi connectivity index (χ1v) is 5.64. The molecular formula is C12H15N5O. The molecule has 0 bridgehead atoms. The van der Waals surface area contributed by atoms with Gasteiger partial charge in [-0.25, -0.2) is 9.67 Å². The van der Waals surface area contributed by atoms with Gasteiger partial charge in [-0.2, -0.15) is 5.10 Å². The molecule has 0 unspecified atom stereocenters. The van der Waals surface area contributed by atoms with E-state index in [0.29, 0.717) is 17.2 Å². The normalized spacial score (nSPS) is 10.6. The molecule has 2 heterocycles. The summed E-state index contributed by atoms with van der Waals surface area (Å²) >= 11 is 0. The quantitative estimate of drug-likeness (QED) is 0.861. The van der Waals surface area contributed by atoms with Gasteiger partial charge in [0.15, 0.2) is 0 Å². The van der Waals surface area contributed by atoms with E-state index in [0.717, 1.165) is 0 Å². The van der Waals surface area contributed by atoms with Crippen molar-refractivity contribution < 1.29 is 4.79 Å². The van der Waals surface area contributed by atoms with E-state index in [9.17, 15) is 4.79 Å². The number of pyridine rings is 1. The van der Waals surface area contributed by atoms with Crippen molar-refractivity contribution in [1.29, 1.82) is 0 Å². The highest BCUT2D eigenvalue weighted by molar-refractivity contribution is 6.02. The van der Waals surface area contributed by atoms with E-state index in [4.69, 9.17) is 5.73 Å². The molecule has 0 radical (unpaired) electrons. The first kappa shape index (κ1) is 12.1. The molecule has 6 nitrogen and oxygen atoms in total. The van der Waals surface area contributed by atoms with Crippen molar-refractivity contribution in [3.8, 4) is 0 Å². The second-order valence-electron chi connectivity index (χ2n) is 4.19. The molecule has 0 aliphatic carbocycles. The smallest absolute Gasteiger partial charge is 0.275 e. The van der Waals surface area contributed by atoms with E-state index < -0.39 is 0 Å². The number of nitrogens with zero attached hydrogens (tertiary/aromatic N) is 3. The number of aromatic nitrogens is 3. The molecule has 0 aromatic carbocycles. The van der Waals surface area contributed by atoms with Gasteiger partial charge in [-0.1, -0.05) is 0 Å². The Morgan fingerprint density at radius 2 is 2.17 bits per heavy atom. The van der Waals surface area contributed by atoms with Crippen LogP contribution in [0.2, 0.25) is 0 Å². The highest BCUT2D eigenvalue weighted by Crippen LogP contribution is 2.14. The second kappa shape index (κ2) is 4.87. The Hall–Kier alpha value is -2.37. The highest BCUT2D eigenvalue weighted by atomic mass is 16.2. The zero-order chi connectivity index (χ0) is 13.1. The van der Waals surface area contributed by atoms with Crippen LogP contribution in [-0.2, 0) is 0 Å². The third-order valence-corrected chi connectivity index (χ3v) is 2.42. The second-order valence-corrected chi connectivity index (χ2v) is 4.19. The number of rotatable bonds is 3. The summed E-state index contributed by atoms with van der Waals surface area (Å²) in [4.78, 5) is 15.9. The fourth-order valence-electron chi connectivity index (χ4n) is 1.54. The number of carbonyl (C=O) groups is 1. The first-order valence-electron chi connectivity index (χ1n) is 5.64. The third-order valence-electron chi connectivity index (χ3n) is 2.42. The monoisotopic (exact) mass is 245 g/mol. The van der Waals surface area contributed by atoms with E-state index >= 15 is 0 Å². The zero-order valence-corrected chi connectivity index (χ0v) is 10.3. The Bertz CT molecular complexity index is 544. The van der Waals surface area contributed by atoms with Crippen LogP contribution in [0.5, 0.6) is 0 Å². The lowest BCUT2D eigenvalue weighted by molar-refractivity contribution is 0.102. The van der Waals surface area contributed by atoms with Gasteiger partial charge in [0, 0.05) is 12.1 Å². The molecule has 0 spiro atoms. The van der Waals surface area contributed by atoms with Crippen molar-refractivity contribution >= 4 is 17.4 Å². The van der Waals surface area contributed by atoms with E-state index in [1.54, 1.807) is 29.1 Å². The summed E-state index contributed by atoms with van der Waals surface area (Å²) < 4.78 is 1.73. The Morgan fingerprint density at radius 1 is 1.39 bits per heavy atom. The molecule has 6 heteroatoms. The Morgan fingerprint density at radius 3 is 2.78 bits per heavy atom. The Labute approximate surface area is 105 Å². The fraction of sp³-hybridized carbons (Fsp3) is 0.250. The number of hydrogen-bond acceptors (Lipinski definition) is 4. The lowest BCUT2D eigenvalue weighted by Crippen LogP contribution is -2.17. The van der Waals surface area contributed by atoms with Crippen LogP contribution in [0.1, 0.15) is 30.4 Å². The molecule has 0 saturated heterocycles. The minimum atomic E-state index is -0.280. The largest absolute Gasteiger partial charge is 0.397 e. The van der Waals surface area contributed by atoms with Crippen LogP contribution >= 0.6 is 0 Å². The lowest BCUT2D eigenvalue weighted by Gasteiger charge is -2.11. The summed E-state index contributed by atoms with van der Waals surface area (Å²) in [7, 11) is 0. The van der Waals surface area contributed by atoms with Crippen molar-refractivity contribution in [2.24, 2.45) is 0 Å². The average molecular weight is 245 g/mol. The minimum Gasteiger partial charge on any atom is -0.397 e. The molecule has 2 rings (SSSR count). The SMILES string of the molecule is CC(C)n1nccc1NC(=O)c1ccc(N)cn1. The maximum absolute atomic E-state index is 11.9. The van der Waals surface area contributed by atoms with Crippen molar-refractivity contribution in [2.45, 2.75) is 19.9 Å². The van der Waals surface area contributed by atoms with Crippen LogP contribution in [0.4, 0.5) is 11.5 Å². The predicted octanol–water partition coefficient (Wildman–Crippen LogP) is 1.69. The van der Waals surface area contributed by atoms with Crippen LogP contribution in [0.15, 0.2) is 30.6 Å². The summed E-state index contributed by atoms with van der Waals surface area (Å²) in [6.45, 7) is 3.98. The molecule has 0 fully saturated rings. The van der Waals surface area contributed by atoms with Crippen LogP contribution in [0.25, 0.3) is 0 Å². The van der Waals surface area contributed by atoms with Gasteiger partial charge in [0.2, 0.25) is 0 Å². The van der Waals surface area contributed by atoms with E-state index in [1.165, 1.54) is 6.20 Å². The van der Waals surface area contributed by atoms with Gasteiger partial charge in [-0.15, -0.1) is 0 Å². The summed E-state index contributed by atoms with van der Waals surface area (Å²) in [6, 6.07) is 5.15. The van der Waals surface area contributed by atoms with Gasteiger partial charge < -0.3 is 11.1 Å². The molecule has 2 aromatic heterocycles. The minimum absolute atomic E-state index is 0.176. The van der Waals surface area contributed by atoms with Crippen LogP contribution in [-0.4, -0.2) is 20.7 Å². The van der Waals surface area contributed by atoms with Crippen molar-refractivity contribution in [3.63, 3.8) is 0 Å². The molecule has 3 N–H and O–H groups in total. The van der Waals surface area contributed by atoms with Gasteiger partial charge in [0.25, 0.3) is 5.91 Å². The van der Waals surface area contributed by atoms with Crippen molar-refractivity contribution in [2.75, 3.05) is 11.1 Å². The molecule has 2 aromatic rings. The van der Waals surface area contributed by atoms with E-state index in [1.807, 2.05) is 13.8 Å². The number of carbonyl (C=O) groups excluding carboxylic acids is 1. The zero-order valence-electron chi connectivity index (χ0n) is 10.3. The molecule has 0 saturated carbocycles. The van der Waals surface area contributed by atoms with Crippen molar-refractivity contribution in [3.05, 3.63) is 36.3 Å². The fourth-order valence-corrected chi connectivity index (χ4v) is 1.54. The van der Waals surface area contributed by atoms with Gasteiger partial charge in [-0.3, -0.25) is 4.79 Å². The first-order chi connectivity index (χ1) is 8.58. The van der Waals surface area contributed by atoms with Gasteiger partial charge in [0.05, 0.1) is 18.1 Å². The lowest BCUT2D eigenvalue weighted by atomic mass is 10.3. The van der Waals surface area contributed by atoms with Crippen LogP contribution in [0.3, 0.4) is 0 Å². The average Bonchev–Trinajstić information content (AvgIpc) is 2.78. The summed E-state index contributed by atoms with van der Waals surface area (Å²) in [5.74, 6) is 0.367. The van der Waals surface area contributed by atoms with Crippen LogP contribution in [0, 0.1) is 0 Å². The number of hydrogen-bond donors (Lipinski definition) is 2. The van der Waals surface area contributed by atoms with Crippen LogP contribution < -0.4 is 11.1 Å². The molecule has 18 heavy (non-hydrogen) atoms. The molecule has 94 valence electrons. The van der Waals surface area contributed by atoms with Gasteiger partial charge in [0.1, 0.15) is 11.5 Å². The number of nitrogen functional groups attached to an aromatic ring is 1.